The van der Waals surface area contributed by atoms with Gasteiger partial charge in [0, 0.05) is 12.1 Å². The number of hydrogen-bond acceptors (Lipinski definition) is 3. The molecule has 0 saturated heterocycles. The fraction of sp³-hybridized carbons (Fsp3) is 0.0667. The Morgan fingerprint density at radius 1 is 0.900 bits per heavy atom. The Hall–Kier alpha value is -2.33. The highest BCUT2D eigenvalue weighted by Gasteiger charge is 2.36. The zero-order valence-corrected chi connectivity index (χ0v) is 11.6. The largest absolute Gasteiger partial charge is 0.399 e. The second-order valence-corrected chi connectivity index (χ2v) is 4.09. The van der Waals surface area contributed by atoms with Crippen molar-refractivity contribution in [3.8, 4) is 0 Å². The average Bonchev–Trinajstić information content (AvgIpc) is 2.74. The van der Waals surface area contributed by atoms with Crippen molar-refractivity contribution in [3.05, 3.63) is 59.7 Å². The van der Waals surface area contributed by atoms with Crippen LogP contribution in [0.2, 0.25) is 0 Å². The summed E-state index contributed by atoms with van der Waals surface area (Å²) in [6.07, 6.45) is 1.47. The van der Waals surface area contributed by atoms with Crippen molar-refractivity contribution in [2.24, 2.45) is 0 Å². The minimum absolute atomic E-state index is 0.304. The number of amides is 2. The molecule has 0 atom stereocenters. The van der Waals surface area contributed by atoms with Crippen molar-refractivity contribution in [3.63, 3.8) is 0 Å². The molecule has 0 aromatic heterocycles. The Morgan fingerprint density at radius 3 is 1.95 bits per heavy atom. The number of carbonyl (C=O) groups is 2. The fourth-order valence-corrected chi connectivity index (χ4v) is 2.09. The van der Waals surface area contributed by atoms with E-state index in [4.69, 9.17) is 5.73 Å². The highest BCUT2D eigenvalue weighted by Crippen LogP contribution is 2.28. The lowest BCUT2D eigenvalue weighted by molar-refractivity contribution is 0.0926. The molecule has 0 spiro atoms. The Balaban J connectivity index is 0.000000704. The van der Waals surface area contributed by atoms with Gasteiger partial charge < -0.3 is 5.73 Å². The first kappa shape index (κ1) is 14.1. The topological polar surface area (TPSA) is 63.4 Å². The number of carbonyl (C=O) groups excluding carboxylic acids is 2. The van der Waals surface area contributed by atoms with Gasteiger partial charge in [-0.05, 0) is 30.3 Å². The summed E-state index contributed by atoms with van der Waals surface area (Å²) in [7, 11) is 0. The predicted molar refractivity (Wildman–Crippen MR) is 80.2 cm³/mol. The summed E-state index contributed by atoms with van der Waals surface area (Å²) in [5, 5.41) is 0. The quantitative estimate of drug-likeness (QED) is 0.498. The van der Waals surface area contributed by atoms with Crippen LogP contribution in [0.3, 0.4) is 0 Å². The zero-order valence-electron chi connectivity index (χ0n) is 10.8. The standard InChI is InChI=1S/C14H10N2O2.CH3Cl/c15-9-4-3-5-10(8-9)16-13(17)11-6-1-2-7-12(11)14(16)18;1-2/h1-8H,15H2;1H3. The van der Waals surface area contributed by atoms with E-state index >= 15 is 0 Å². The molecule has 2 N–H and O–H groups in total. The highest BCUT2D eigenvalue weighted by atomic mass is 35.5. The third-order valence-corrected chi connectivity index (χ3v) is 2.92. The summed E-state index contributed by atoms with van der Waals surface area (Å²) in [4.78, 5) is 25.5. The molecule has 2 aromatic rings. The van der Waals surface area contributed by atoms with Gasteiger partial charge in [0.1, 0.15) is 0 Å². The van der Waals surface area contributed by atoms with Crippen LogP contribution in [-0.4, -0.2) is 18.2 Å². The molecule has 4 nitrogen and oxygen atoms in total. The number of hydrogen-bond donors (Lipinski definition) is 1. The van der Waals surface area contributed by atoms with Gasteiger partial charge in [-0.1, -0.05) is 18.2 Å². The van der Waals surface area contributed by atoms with E-state index in [0.717, 1.165) is 4.90 Å². The van der Waals surface area contributed by atoms with E-state index in [1.165, 1.54) is 6.38 Å². The van der Waals surface area contributed by atoms with E-state index in [-0.39, 0.29) is 11.8 Å². The number of nitrogens with two attached hydrogens (primary N) is 1. The molecule has 0 aliphatic carbocycles. The van der Waals surface area contributed by atoms with Gasteiger partial charge in [-0.2, -0.15) is 0 Å². The Labute approximate surface area is 121 Å². The summed E-state index contributed by atoms with van der Waals surface area (Å²) in [5.41, 5.74) is 7.56. The molecule has 0 bridgehead atoms. The molecule has 0 saturated carbocycles. The molecule has 1 aliphatic rings. The van der Waals surface area contributed by atoms with Crippen LogP contribution in [0.15, 0.2) is 48.5 Å². The third-order valence-electron chi connectivity index (χ3n) is 2.92. The van der Waals surface area contributed by atoms with Crippen LogP contribution in [0, 0.1) is 0 Å². The van der Waals surface area contributed by atoms with Gasteiger partial charge >= 0.3 is 0 Å². The lowest BCUT2D eigenvalue weighted by atomic mass is 10.1. The predicted octanol–water partition coefficient (Wildman–Crippen LogP) is 2.92. The van der Waals surface area contributed by atoms with Crippen molar-refractivity contribution in [2.45, 2.75) is 0 Å². The van der Waals surface area contributed by atoms with Gasteiger partial charge in [0.2, 0.25) is 0 Å². The van der Waals surface area contributed by atoms with Crippen molar-refractivity contribution >= 4 is 34.8 Å². The van der Waals surface area contributed by atoms with Crippen molar-refractivity contribution in [1.29, 1.82) is 0 Å². The van der Waals surface area contributed by atoms with Crippen molar-refractivity contribution in [1.82, 2.24) is 0 Å². The van der Waals surface area contributed by atoms with Gasteiger partial charge in [-0.3, -0.25) is 9.59 Å². The van der Waals surface area contributed by atoms with Gasteiger partial charge in [-0.25, -0.2) is 4.90 Å². The van der Waals surface area contributed by atoms with E-state index in [1.807, 2.05) is 0 Å². The minimum Gasteiger partial charge on any atom is -0.399 e. The number of benzene rings is 2. The van der Waals surface area contributed by atoms with E-state index in [2.05, 4.69) is 11.6 Å². The lowest BCUT2D eigenvalue weighted by Gasteiger charge is -2.14. The van der Waals surface area contributed by atoms with Crippen LogP contribution in [-0.2, 0) is 0 Å². The monoisotopic (exact) mass is 288 g/mol. The van der Waals surface area contributed by atoms with Gasteiger partial charge in [0.05, 0.1) is 16.8 Å². The molecule has 1 aliphatic heterocycles. The van der Waals surface area contributed by atoms with Gasteiger partial charge in [-0.15, -0.1) is 11.6 Å². The SMILES string of the molecule is CCl.Nc1cccc(N2C(=O)c3ccccc3C2=O)c1. The molecular weight excluding hydrogens is 276 g/mol. The molecule has 0 unspecified atom stereocenters. The first-order valence-electron chi connectivity index (χ1n) is 5.89. The highest BCUT2D eigenvalue weighted by molar-refractivity contribution is 6.34. The summed E-state index contributed by atoms with van der Waals surface area (Å²) in [5.74, 6) is -0.609. The maximum absolute atomic E-state index is 12.2. The van der Waals surface area contributed by atoms with E-state index in [0.29, 0.717) is 22.5 Å². The first-order valence-corrected chi connectivity index (χ1v) is 6.65. The van der Waals surface area contributed by atoms with Crippen LogP contribution in [0.4, 0.5) is 11.4 Å². The second kappa shape index (κ2) is 5.75. The summed E-state index contributed by atoms with van der Waals surface area (Å²) in [6.45, 7) is 0. The minimum atomic E-state index is -0.304. The second-order valence-electron chi connectivity index (χ2n) is 4.09. The average molecular weight is 289 g/mol. The number of imide groups is 1. The smallest absolute Gasteiger partial charge is 0.266 e. The van der Waals surface area contributed by atoms with E-state index in [9.17, 15) is 9.59 Å². The number of rotatable bonds is 1. The number of alkyl halides is 1. The van der Waals surface area contributed by atoms with E-state index in [1.54, 1.807) is 48.5 Å². The maximum atomic E-state index is 12.2. The first-order chi connectivity index (χ1) is 9.68. The number of nitrogens with zero attached hydrogens (tertiary/aromatic N) is 1. The molecular formula is C15H13ClN2O2. The molecule has 5 heteroatoms. The molecule has 0 fully saturated rings. The molecule has 1 heterocycles. The number of anilines is 2. The van der Waals surface area contributed by atoms with Gasteiger partial charge in [0.25, 0.3) is 11.8 Å². The zero-order chi connectivity index (χ0) is 14.7. The molecule has 3 rings (SSSR count). The normalized spacial score (nSPS) is 12.8. The lowest BCUT2D eigenvalue weighted by Crippen LogP contribution is -2.29. The summed E-state index contributed by atoms with van der Waals surface area (Å²) in [6, 6.07) is 13.5. The van der Waals surface area contributed by atoms with Crippen molar-refractivity contribution < 1.29 is 9.59 Å². The number of nitrogen functional groups attached to an aromatic ring is 1. The van der Waals surface area contributed by atoms with Crippen LogP contribution in [0.1, 0.15) is 20.7 Å². The Kier molecular flexibility index (Phi) is 4.05. The molecule has 102 valence electrons. The summed E-state index contributed by atoms with van der Waals surface area (Å²) < 4.78 is 0. The van der Waals surface area contributed by atoms with Crippen LogP contribution in [0.5, 0.6) is 0 Å². The number of fused-ring (bicyclic) bond motifs is 1. The van der Waals surface area contributed by atoms with Crippen LogP contribution in [0.25, 0.3) is 0 Å². The van der Waals surface area contributed by atoms with Crippen LogP contribution < -0.4 is 10.6 Å². The molecule has 2 aromatic carbocycles. The summed E-state index contributed by atoms with van der Waals surface area (Å²) >= 11 is 4.64. The molecule has 0 radical (unpaired) electrons. The van der Waals surface area contributed by atoms with Gasteiger partial charge in [0.15, 0.2) is 0 Å². The Morgan fingerprint density at radius 2 is 1.45 bits per heavy atom. The van der Waals surface area contributed by atoms with Crippen LogP contribution >= 0.6 is 11.6 Å². The molecule has 2 amide bonds. The fourth-order valence-electron chi connectivity index (χ4n) is 2.09. The third kappa shape index (κ3) is 2.26. The maximum Gasteiger partial charge on any atom is 0.266 e. The Bertz CT molecular complexity index is 635. The van der Waals surface area contributed by atoms with E-state index < -0.39 is 0 Å². The van der Waals surface area contributed by atoms with Crippen molar-refractivity contribution in [2.75, 3.05) is 17.0 Å². The molecule has 20 heavy (non-hydrogen) atoms. The number of halogens is 1.